The molecule has 1 aromatic carbocycles. The molecule has 0 aliphatic heterocycles. The summed E-state index contributed by atoms with van der Waals surface area (Å²) in [6, 6.07) is 6.99. The van der Waals surface area contributed by atoms with Gasteiger partial charge in [0.15, 0.2) is 0 Å². The third-order valence-corrected chi connectivity index (χ3v) is 2.62. The van der Waals surface area contributed by atoms with Crippen LogP contribution in [0.25, 0.3) is 0 Å². The van der Waals surface area contributed by atoms with E-state index < -0.39 is 0 Å². The van der Waals surface area contributed by atoms with Crippen LogP contribution in [-0.4, -0.2) is 22.8 Å². The fraction of sp³-hybridized carbons (Fsp3) is 0.333. The van der Waals surface area contributed by atoms with Crippen molar-refractivity contribution in [3.8, 4) is 0 Å². The Kier molecular flexibility index (Phi) is 4.43. The summed E-state index contributed by atoms with van der Waals surface area (Å²) in [6.45, 7) is 10.8. The number of nitrogens with zero attached hydrogens (tertiary/aromatic N) is 1. The van der Waals surface area contributed by atoms with Crippen molar-refractivity contribution in [3.05, 3.63) is 47.5 Å². The highest BCUT2D eigenvalue weighted by atomic mass is 16.2. The summed E-state index contributed by atoms with van der Waals surface area (Å²) in [6.07, 6.45) is 0. The molecule has 0 radical (unpaired) electrons. The van der Waals surface area contributed by atoms with E-state index in [9.17, 15) is 9.59 Å². The Morgan fingerprint density at radius 2 is 1.67 bits per heavy atom. The number of carbonyl (C=O) groups excluding carboxylic acids is 2. The third-order valence-electron chi connectivity index (χ3n) is 2.62. The van der Waals surface area contributed by atoms with Gasteiger partial charge in [0.05, 0.1) is 0 Å². The standard InChI is InChI=1S/C15H19NO2/c1-10(2)14(17)16(11(3)4)15(18)13-8-6-12(5)7-9-13/h6-9,11H,1H2,2-5H3. The van der Waals surface area contributed by atoms with Crippen LogP contribution in [0.4, 0.5) is 0 Å². The molecule has 1 rings (SSSR count). The zero-order valence-corrected chi connectivity index (χ0v) is 11.4. The van der Waals surface area contributed by atoms with Crippen molar-refractivity contribution < 1.29 is 9.59 Å². The monoisotopic (exact) mass is 245 g/mol. The summed E-state index contributed by atoms with van der Waals surface area (Å²) in [7, 11) is 0. The van der Waals surface area contributed by atoms with E-state index in [1.807, 2.05) is 32.9 Å². The van der Waals surface area contributed by atoms with Gasteiger partial charge in [-0.15, -0.1) is 0 Å². The van der Waals surface area contributed by atoms with E-state index in [1.54, 1.807) is 19.1 Å². The van der Waals surface area contributed by atoms with Crippen molar-refractivity contribution in [1.29, 1.82) is 0 Å². The lowest BCUT2D eigenvalue weighted by Crippen LogP contribution is -2.42. The van der Waals surface area contributed by atoms with Crippen molar-refractivity contribution in [2.24, 2.45) is 0 Å². The van der Waals surface area contributed by atoms with Crippen LogP contribution in [0.15, 0.2) is 36.4 Å². The number of hydrogen-bond donors (Lipinski definition) is 0. The van der Waals surface area contributed by atoms with Gasteiger partial charge in [-0.1, -0.05) is 24.3 Å². The lowest BCUT2D eigenvalue weighted by Gasteiger charge is -2.25. The fourth-order valence-electron chi connectivity index (χ4n) is 1.60. The van der Waals surface area contributed by atoms with Crippen LogP contribution in [0.1, 0.15) is 36.7 Å². The zero-order valence-electron chi connectivity index (χ0n) is 11.4. The first-order valence-corrected chi connectivity index (χ1v) is 5.94. The van der Waals surface area contributed by atoms with Crippen molar-refractivity contribution in [3.63, 3.8) is 0 Å². The Labute approximate surface area is 108 Å². The van der Waals surface area contributed by atoms with Crippen LogP contribution in [0, 0.1) is 6.92 Å². The van der Waals surface area contributed by atoms with E-state index in [1.165, 1.54) is 4.90 Å². The zero-order chi connectivity index (χ0) is 13.9. The Hall–Kier alpha value is -1.90. The number of hydrogen-bond acceptors (Lipinski definition) is 2. The highest BCUT2D eigenvalue weighted by Crippen LogP contribution is 2.12. The molecule has 0 aliphatic rings. The number of aryl methyl sites for hydroxylation is 1. The number of benzene rings is 1. The Bertz CT molecular complexity index is 472. The molecule has 0 aromatic heterocycles. The minimum Gasteiger partial charge on any atom is -0.272 e. The first-order valence-electron chi connectivity index (χ1n) is 5.94. The van der Waals surface area contributed by atoms with E-state index in [4.69, 9.17) is 0 Å². The second kappa shape index (κ2) is 5.63. The van der Waals surface area contributed by atoms with E-state index in [-0.39, 0.29) is 17.9 Å². The molecular weight excluding hydrogens is 226 g/mol. The molecule has 0 heterocycles. The molecule has 0 fully saturated rings. The average Bonchev–Trinajstić information content (AvgIpc) is 2.29. The van der Waals surface area contributed by atoms with Gasteiger partial charge < -0.3 is 0 Å². The summed E-state index contributed by atoms with van der Waals surface area (Å²) < 4.78 is 0. The van der Waals surface area contributed by atoms with Gasteiger partial charge in [0.1, 0.15) is 0 Å². The summed E-state index contributed by atoms with van der Waals surface area (Å²) in [5, 5.41) is 0. The van der Waals surface area contributed by atoms with Crippen LogP contribution in [0.5, 0.6) is 0 Å². The molecular formula is C15H19NO2. The van der Waals surface area contributed by atoms with Crippen molar-refractivity contribution in [1.82, 2.24) is 4.90 Å². The molecule has 0 saturated carbocycles. The molecule has 0 N–H and O–H groups in total. The van der Waals surface area contributed by atoms with Crippen molar-refractivity contribution in [2.75, 3.05) is 0 Å². The lowest BCUT2D eigenvalue weighted by atomic mass is 10.1. The Balaban J connectivity index is 3.07. The summed E-state index contributed by atoms with van der Waals surface area (Å²) in [5.74, 6) is -0.603. The molecule has 1 aromatic rings. The molecule has 3 heteroatoms. The Morgan fingerprint density at radius 1 is 1.17 bits per heavy atom. The normalized spacial score (nSPS) is 10.3. The van der Waals surface area contributed by atoms with Crippen LogP contribution >= 0.6 is 0 Å². The minimum atomic E-state index is -0.324. The molecule has 0 aliphatic carbocycles. The Morgan fingerprint density at radius 3 is 2.06 bits per heavy atom. The number of rotatable bonds is 3. The molecule has 96 valence electrons. The molecule has 0 atom stereocenters. The van der Waals surface area contributed by atoms with Gasteiger partial charge in [-0.2, -0.15) is 0 Å². The second-order valence-corrected chi connectivity index (χ2v) is 4.72. The van der Waals surface area contributed by atoms with E-state index in [0.717, 1.165) is 5.56 Å². The largest absolute Gasteiger partial charge is 0.272 e. The molecule has 3 nitrogen and oxygen atoms in total. The van der Waals surface area contributed by atoms with Crippen LogP contribution in [0.2, 0.25) is 0 Å². The molecule has 0 bridgehead atoms. The van der Waals surface area contributed by atoms with Gasteiger partial charge in [-0.25, -0.2) is 0 Å². The van der Waals surface area contributed by atoms with Gasteiger partial charge in [0.2, 0.25) is 0 Å². The van der Waals surface area contributed by atoms with Gasteiger partial charge >= 0.3 is 0 Å². The highest BCUT2D eigenvalue weighted by Gasteiger charge is 2.25. The SMILES string of the molecule is C=C(C)C(=O)N(C(=O)c1ccc(C)cc1)C(C)C. The summed E-state index contributed by atoms with van der Waals surface area (Å²) in [5.41, 5.74) is 1.96. The third kappa shape index (κ3) is 3.06. The van der Waals surface area contributed by atoms with E-state index >= 15 is 0 Å². The maximum Gasteiger partial charge on any atom is 0.260 e. The first kappa shape index (κ1) is 14.2. The maximum atomic E-state index is 12.3. The molecule has 0 saturated heterocycles. The second-order valence-electron chi connectivity index (χ2n) is 4.72. The summed E-state index contributed by atoms with van der Waals surface area (Å²) >= 11 is 0. The van der Waals surface area contributed by atoms with Crippen LogP contribution in [0.3, 0.4) is 0 Å². The van der Waals surface area contributed by atoms with Gasteiger partial charge in [0.25, 0.3) is 11.8 Å². The number of imide groups is 1. The fourth-order valence-corrected chi connectivity index (χ4v) is 1.60. The predicted octanol–water partition coefficient (Wildman–Crippen LogP) is 2.95. The number of carbonyl (C=O) groups is 2. The van der Waals surface area contributed by atoms with Gasteiger partial charge in [0, 0.05) is 17.2 Å². The predicted molar refractivity (Wildman–Crippen MR) is 72.3 cm³/mol. The topological polar surface area (TPSA) is 37.4 Å². The van der Waals surface area contributed by atoms with E-state index in [0.29, 0.717) is 11.1 Å². The van der Waals surface area contributed by atoms with Crippen LogP contribution in [-0.2, 0) is 4.79 Å². The molecule has 18 heavy (non-hydrogen) atoms. The average molecular weight is 245 g/mol. The molecule has 2 amide bonds. The first-order chi connectivity index (χ1) is 8.34. The smallest absolute Gasteiger partial charge is 0.260 e. The lowest BCUT2D eigenvalue weighted by molar-refractivity contribution is -0.125. The maximum absolute atomic E-state index is 12.3. The van der Waals surface area contributed by atoms with Crippen molar-refractivity contribution in [2.45, 2.75) is 33.7 Å². The quantitative estimate of drug-likeness (QED) is 0.768. The van der Waals surface area contributed by atoms with E-state index in [2.05, 4.69) is 6.58 Å². The molecule has 0 unspecified atom stereocenters. The summed E-state index contributed by atoms with van der Waals surface area (Å²) in [4.78, 5) is 25.5. The van der Waals surface area contributed by atoms with Gasteiger partial charge in [-0.05, 0) is 39.8 Å². The van der Waals surface area contributed by atoms with Crippen molar-refractivity contribution >= 4 is 11.8 Å². The highest BCUT2D eigenvalue weighted by molar-refractivity contribution is 6.09. The van der Waals surface area contributed by atoms with Gasteiger partial charge in [-0.3, -0.25) is 14.5 Å². The number of amides is 2. The molecule has 0 spiro atoms. The van der Waals surface area contributed by atoms with Crippen LogP contribution < -0.4 is 0 Å². The minimum absolute atomic E-state index is 0.192.